The molecule has 0 N–H and O–H groups in total. The average Bonchev–Trinajstić information content (AvgIpc) is 2.86. The fourth-order valence-electron chi connectivity index (χ4n) is 2.70. The molecular formula is C16H22N2S2Sn. The van der Waals surface area contributed by atoms with Crippen LogP contribution in [0.15, 0.2) is 34.3 Å². The molecule has 0 aliphatic carbocycles. The molecule has 0 amide bonds. The molecule has 112 valence electrons. The van der Waals surface area contributed by atoms with Gasteiger partial charge in [0.2, 0.25) is 0 Å². The van der Waals surface area contributed by atoms with Crippen LogP contribution in [0.4, 0.5) is 0 Å². The van der Waals surface area contributed by atoms with Crippen molar-refractivity contribution < 1.29 is 0 Å². The number of hydrogen-bond donors (Lipinski definition) is 0. The summed E-state index contributed by atoms with van der Waals surface area (Å²) in [6, 6.07) is 8.28. The number of aromatic nitrogens is 2. The van der Waals surface area contributed by atoms with Crippen LogP contribution in [-0.2, 0) is 0 Å². The van der Waals surface area contributed by atoms with Crippen molar-refractivity contribution in [1.29, 1.82) is 0 Å². The summed E-state index contributed by atoms with van der Waals surface area (Å²) in [6.07, 6.45) is 5.39. The molecule has 0 radical (unpaired) electrons. The third kappa shape index (κ3) is 3.53. The van der Waals surface area contributed by atoms with Gasteiger partial charge in [-0.15, -0.1) is 0 Å². The van der Waals surface area contributed by atoms with Gasteiger partial charge in [-0.1, -0.05) is 0 Å². The summed E-state index contributed by atoms with van der Waals surface area (Å²) in [5.41, 5.74) is 2.11. The standard InChI is InChI=1S/C8H6N2S2.2C4H9.Sn/c11-7-8(12)10-6-4-2-1-3-5(6)9-7;2*1-3-4-2;/h1-4H,(H,9,11)(H,10,12);2*1,3-4H2,2H3;/q;;;+2/p-2. The fourth-order valence-corrected chi connectivity index (χ4v) is 31.9. The number of unbranched alkanes of at least 4 members (excludes halogenated alkanes) is 2. The molecule has 2 nitrogen and oxygen atoms in total. The monoisotopic (exact) mass is 426 g/mol. The summed E-state index contributed by atoms with van der Waals surface area (Å²) < 4.78 is 2.93. The van der Waals surface area contributed by atoms with E-state index in [1.165, 1.54) is 44.6 Å². The number of nitrogens with zero attached hydrogens (tertiary/aromatic N) is 2. The van der Waals surface area contributed by atoms with Crippen LogP contribution in [0.3, 0.4) is 0 Å². The second-order valence-corrected chi connectivity index (χ2v) is 30.6. The van der Waals surface area contributed by atoms with Crippen molar-refractivity contribution in [2.45, 2.75) is 58.5 Å². The number of rotatable bonds is 6. The van der Waals surface area contributed by atoms with Gasteiger partial charge in [-0.05, 0) is 0 Å². The van der Waals surface area contributed by atoms with Crippen molar-refractivity contribution >= 4 is 44.5 Å². The first-order valence-corrected chi connectivity index (χ1v) is 20.6. The van der Waals surface area contributed by atoms with Gasteiger partial charge in [-0.25, -0.2) is 0 Å². The summed E-state index contributed by atoms with van der Waals surface area (Å²) in [4.78, 5) is 9.80. The van der Waals surface area contributed by atoms with Crippen LogP contribution in [0.5, 0.6) is 0 Å². The molecule has 0 saturated carbocycles. The molecule has 3 rings (SSSR count). The Hall–Kier alpha value is 0.0587. The molecule has 1 aliphatic rings. The molecule has 0 spiro atoms. The first-order valence-electron chi connectivity index (χ1n) is 7.91. The first kappa shape index (κ1) is 15.9. The number of hydrogen-bond acceptors (Lipinski definition) is 4. The molecule has 0 unspecified atom stereocenters. The summed E-state index contributed by atoms with van der Waals surface area (Å²) in [6.45, 7) is 4.61. The Morgan fingerprint density at radius 1 is 0.857 bits per heavy atom. The Labute approximate surface area is 136 Å². The zero-order chi connectivity index (χ0) is 14.7. The summed E-state index contributed by atoms with van der Waals surface area (Å²) in [5, 5.41) is 2.48. The number of benzene rings is 1. The van der Waals surface area contributed by atoms with Gasteiger partial charge >= 0.3 is 137 Å². The van der Waals surface area contributed by atoms with Gasteiger partial charge in [0.15, 0.2) is 0 Å². The van der Waals surface area contributed by atoms with Crippen molar-refractivity contribution in [3.63, 3.8) is 0 Å². The van der Waals surface area contributed by atoms with E-state index in [0.29, 0.717) is 0 Å². The second kappa shape index (κ2) is 7.09. The zero-order valence-corrected chi connectivity index (χ0v) is 17.3. The van der Waals surface area contributed by atoms with E-state index in [1.807, 2.05) is 0 Å². The molecule has 1 aromatic heterocycles. The van der Waals surface area contributed by atoms with Crippen molar-refractivity contribution in [2.24, 2.45) is 0 Å². The molecule has 0 fully saturated rings. The number of para-hydroxylation sites is 2. The van der Waals surface area contributed by atoms with E-state index in [0.717, 1.165) is 11.0 Å². The average molecular weight is 425 g/mol. The van der Waals surface area contributed by atoms with Crippen LogP contribution < -0.4 is 0 Å². The van der Waals surface area contributed by atoms with E-state index >= 15 is 0 Å². The van der Waals surface area contributed by atoms with Crippen molar-refractivity contribution in [2.75, 3.05) is 0 Å². The van der Waals surface area contributed by atoms with Gasteiger partial charge < -0.3 is 0 Å². The van der Waals surface area contributed by atoms with Crippen molar-refractivity contribution in [1.82, 2.24) is 9.97 Å². The Kier molecular flexibility index (Phi) is 5.38. The van der Waals surface area contributed by atoms with Crippen LogP contribution >= 0.6 is 17.9 Å². The van der Waals surface area contributed by atoms with E-state index in [-0.39, 0.29) is 0 Å². The molecule has 1 aromatic carbocycles. The van der Waals surface area contributed by atoms with Crippen LogP contribution in [0.25, 0.3) is 11.0 Å². The van der Waals surface area contributed by atoms with Crippen LogP contribution in [0.1, 0.15) is 39.5 Å². The molecule has 0 atom stereocenters. The van der Waals surface area contributed by atoms with Gasteiger partial charge in [0.05, 0.1) is 0 Å². The van der Waals surface area contributed by atoms with Gasteiger partial charge in [0.1, 0.15) is 0 Å². The summed E-state index contributed by atoms with van der Waals surface area (Å²) >= 11 is -2.21. The minimum atomic E-state index is -2.21. The minimum absolute atomic E-state index is 1.05. The topological polar surface area (TPSA) is 25.8 Å². The second-order valence-electron chi connectivity index (χ2n) is 5.64. The molecule has 0 saturated heterocycles. The molecule has 5 heteroatoms. The quantitative estimate of drug-likeness (QED) is 0.541. The van der Waals surface area contributed by atoms with E-state index in [4.69, 9.17) is 9.97 Å². The normalized spacial score (nSPS) is 16.3. The Morgan fingerprint density at radius 3 is 1.76 bits per heavy atom. The van der Waals surface area contributed by atoms with Crippen molar-refractivity contribution in [3.8, 4) is 0 Å². The molecular weight excluding hydrogens is 403 g/mol. The molecule has 1 aliphatic heterocycles. The predicted octanol–water partition coefficient (Wildman–Crippen LogP) is 5.87. The maximum absolute atomic E-state index is 4.90. The van der Waals surface area contributed by atoms with Gasteiger partial charge in [-0.3, -0.25) is 0 Å². The Morgan fingerprint density at radius 2 is 1.33 bits per heavy atom. The van der Waals surface area contributed by atoms with Crippen LogP contribution in [0, 0.1) is 0 Å². The Balaban J connectivity index is 1.90. The van der Waals surface area contributed by atoms with E-state index in [9.17, 15) is 0 Å². The van der Waals surface area contributed by atoms with Crippen LogP contribution in [0.2, 0.25) is 8.87 Å². The van der Waals surface area contributed by atoms with Crippen LogP contribution in [-0.4, -0.2) is 25.6 Å². The zero-order valence-electron chi connectivity index (χ0n) is 12.8. The summed E-state index contributed by atoms with van der Waals surface area (Å²) in [5.74, 6) is 0. The van der Waals surface area contributed by atoms with E-state index in [1.54, 1.807) is 0 Å². The number of fused-ring (bicyclic) bond motifs is 2. The van der Waals surface area contributed by atoms with Gasteiger partial charge in [-0.2, -0.15) is 0 Å². The van der Waals surface area contributed by atoms with Gasteiger partial charge in [0.25, 0.3) is 0 Å². The van der Waals surface area contributed by atoms with Crippen molar-refractivity contribution in [3.05, 3.63) is 24.3 Å². The third-order valence-corrected chi connectivity index (χ3v) is 30.6. The first-order chi connectivity index (χ1) is 10.3. The predicted molar refractivity (Wildman–Crippen MR) is 96.4 cm³/mol. The molecule has 2 aromatic rings. The summed E-state index contributed by atoms with van der Waals surface area (Å²) in [7, 11) is 4.36. The third-order valence-electron chi connectivity index (χ3n) is 3.90. The van der Waals surface area contributed by atoms with Gasteiger partial charge in [0, 0.05) is 0 Å². The molecule has 2 heterocycles. The molecule has 21 heavy (non-hydrogen) atoms. The SMILES string of the molecule is CCC[CH2][Sn]1([CH2]CCC)[S]c2nc3ccccc3nc2[S]1. The van der Waals surface area contributed by atoms with E-state index in [2.05, 4.69) is 56.0 Å². The fraction of sp³-hybridized carbons (Fsp3) is 0.500. The van der Waals surface area contributed by atoms with E-state index < -0.39 is 15.6 Å². The molecule has 0 bridgehead atoms. The maximum atomic E-state index is 4.90. The Bertz CT molecular complexity index is 578.